The van der Waals surface area contributed by atoms with Crippen molar-refractivity contribution in [2.45, 2.75) is 26.7 Å². The number of nitrogens with one attached hydrogen (secondary N) is 1. The Morgan fingerprint density at radius 2 is 1.83 bits per heavy atom. The number of piperidine rings is 1. The Kier molecular flexibility index (Phi) is 5.58. The molecule has 0 amide bonds. The van der Waals surface area contributed by atoms with Crippen molar-refractivity contribution in [2.75, 3.05) is 40.3 Å². The van der Waals surface area contributed by atoms with Crippen LogP contribution in [0.1, 0.15) is 26.7 Å². The van der Waals surface area contributed by atoms with E-state index in [4.69, 9.17) is 0 Å². The van der Waals surface area contributed by atoms with Gasteiger partial charge in [0.15, 0.2) is 0 Å². The van der Waals surface area contributed by atoms with Gasteiger partial charge in [-0.05, 0) is 38.8 Å². The standard InChI is InChI=1S/C12H26N3O2S/c1-12(2,11-14(3)4)10-13-18(16,17)15-8-6-5-7-9-15/h5,13H,6-11H2,1-4H3. The van der Waals surface area contributed by atoms with Gasteiger partial charge < -0.3 is 4.90 Å². The zero-order valence-electron chi connectivity index (χ0n) is 11.9. The summed E-state index contributed by atoms with van der Waals surface area (Å²) in [5, 5.41) is 0. The van der Waals surface area contributed by atoms with Gasteiger partial charge in [0, 0.05) is 26.2 Å². The molecule has 6 heteroatoms. The van der Waals surface area contributed by atoms with E-state index in [-0.39, 0.29) is 5.41 Å². The van der Waals surface area contributed by atoms with E-state index >= 15 is 0 Å². The minimum absolute atomic E-state index is 0.0710. The topological polar surface area (TPSA) is 52.7 Å². The highest BCUT2D eigenvalue weighted by molar-refractivity contribution is 7.87. The fourth-order valence-corrected chi connectivity index (χ4v) is 3.70. The largest absolute Gasteiger partial charge is 0.309 e. The minimum Gasteiger partial charge on any atom is -0.309 e. The van der Waals surface area contributed by atoms with Gasteiger partial charge in [-0.25, -0.2) is 4.72 Å². The Morgan fingerprint density at radius 3 is 2.33 bits per heavy atom. The summed E-state index contributed by atoms with van der Waals surface area (Å²) in [5.41, 5.74) is -0.0710. The molecule has 1 saturated heterocycles. The van der Waals surface area contributed by atoms with Gasteiger partial charge in [0.1, 0.15) is 0 Å². The second-order valence-electron chi connectivity index (χ2n) is 5.99. The molecule has 1 rings (SSSR count). The van der Waals surface area contributed by atoms with E-state index in [1.165, 1.54) is 0 Å². The van der Waals surface area contributed by atoms with Crippen molar-refractivity contribution in [3.05, 3.63) is 6.42 Å². The number of hydrogen-bond donors (Lipinski definition) is 1. The molecule has 1 aliphatic rings. The average Bonchev–Trinajstić information content (AvgIpc) is 2.26. The van der Waals surface area contributed by atoms with Crippen LogP contribution in [-0.4, -0.2) is 57.9 Å². The monoisotopic (exact) mass is 276 g/mol. The van der Waals surface area contributed by atoms with Gasteiger partial charge in [0.05, 0.1) is 0 Å². The zero-order valence-corrected chi connectivity index (χ0v) is 12.8. The van der Waals surface area contributed by atoms with Crippen LogP contribution in [0.25, 0.3) is 0 Å². The first-order valence-corrected chi connectivity index (χ1v) is 7.88. The van der Waals surface area contributed by atoms with Gasteiger partial charge >= 0.3 is 0 Å². The molecular weight excluding hydrogens is 250 g/mol. The summed E-state index contributed by atoms with van der Waals surface area (Å²) >= 11 is 0. The van der Waals surface area contributed by atoms with E-state index in [0.717, 1.165) is 19.4 Å². The van der Waals surface area contributed by atoms with E-state index in [2.05, 4.69) is 29.9 Å². The van der Waals surface area contributed by atoms with Crippen molar-refractivity contribution in [1.29, 1.82) is 0 Å². The summed E-state index contributed by atoms with van der Waals surface area (Å²) in [7, 11) is 0.686. The predicted octanol–water partition coefficient (Wildman–Crippen LogP) is 0.709. The Balaban J connectivity index is 2.50. The Morgan fingerprint density at radius 1 is 1.28 bits per heavy atom. The lowest BCUT2D eigenvalue weighted by Gasteiger charge is -2.31. The molecule has 1 heterocycles. The summed E-state index contributed by atoms with van der Waals surface area (Å²) in [6.07, 6.45) is 3.84. The Hall–Kier alpha value is -0.170. The molecule has 0 bridgehead atoms. The predicted molar refractivity (Wildman–Crippen MR) is 74.4 cm³/mol. The number of rotatable bonds is 6. The van der Waals surface area contributed by atoms with Crippen LogP contribution in [0.3, 0.4) is 0 Å². The molecule has 1 radical (unpaired) electrons. The molecule has 1 N–H and O–H groups in total. The van der Waals surface area contributed by atoms with Crippen LogP contribution >= 0.6 is 0 Å². The molecule has 1 fully saturated rings. The average molecular weight is 276 g/mol. The summed E-state index contributed by atoms with van der Waals surface area (Å²) in [4.78, 5) is 2.07. The van der Waals surface area contributed by atoms with Crippen LogP contribution in [0.2, 0.25) is 0 Å². The quantitative estimate of drug-likeness (QED) is 0.777. The Bertz CT molecular complexity index is 346. The van der Waals surface area contributed by atoms with Gasteiger partial charge in [0.2, 0.25) is 0 Å². The van der Waals surface area contributed by atoms with Crippen LogP contribution in [-0.2, 0) is 10.2 Å². The third-order valence-electron chi connectivity index (χ3n) is 2.98. The molecule has 0 saturated carbocycles. The number of hydrogen-bond acceptors (Lipinski definition) is 3. The minimum atomic E-state index is -3.31. The van der Waals surface area contributed by atoms with Crippen molar-refractivity contribution >= 4 is 10.2 Å². The van der Waals surface area contributed by atoms with E-state index in [1.54, 1.807) is 4.31 Å². The SMILES string of the molecule is CN(C)CC(C)(C)CNS(=O)(=O)N1CC[CH]CC1. The summed E-state index contributed by atoms with van der Waals surface area (Å²) in [5.74, 6) is 0. The van der Waals surface area contributed by atoms with Crippen LogP contribution in [0, 0.1) is 11.8 Å². The highest BCUT2D eigenvalue weighted by Gasteiger charge is 2.27. The molecule has 107 valence electrons. The third kappa shape index (κ3) is 5.22. The van der Waals surface area contributed by atoms with Crippen LogP contribution < -0.4 is 4.72 Å². The van der Waals surface area contributed by atoms with Gasteiger partial charge in [-0.1, -0.05) is 13.8 Å². The first kappa shape index (κ1) is 15.9. The molecule has 0 unspecified atom stereocenters. The van der Waals surface area contributed by atoms with Crippen molar-refractivity contribution < 1.29 is 8.42 Å². The van der Waals surface area contributed by atoms with Gasteiger partial charge in [-0.3, -0.25) is 0 Å². The smallest absolute Gasteiger partial charge is 0.279 e. The zero-order chi connectivity index (χ0) is 13.8. The molecule has 0 spiro atoms. The second-order valence-corrected chi connectivity index (χ2v) is 7.75. The number of nitrogens with zero attached hydrogens (tertiary/aromatic N) is 2. The first-order chi connectivity index (χ1) is 8.23. The lowest BCUT2D eigenvalue weighted by atomic mass is 9.93. The maximum Gasteiger partial charge on any atom is 0.279 e. The molecule has 0 aromatic carbocycles. The highest BCUT2D eigenvalue weighted by Crippen LogP contribution is 2.16. The summed E-state index contributed by atoms with van der Waals surface area (Å²) < 4.78 is 28.5. The van der Waals surface area contributed by atoms with E-state index in [9.17, 15) is 8.42 Å². The lowest BCUT2D eigenvalue weighted by Crippen LogP contribution is -2.47. The maximum atomic E-state index is 12.1. The summed E-state index contributed by atoms with van der Waals surface area (Å²) in [6.45, 7) is 6.66. The van der Waals surface area contributed by atoms with E-state index in [1.807, 2.05) is 14.1 Å². The van der Waals surface area contributed by atoms with Gasteiger partial charge in [-0.2, -0.15) is 12.7 Å². The molecule has 0 aromatic heterocycles. The molecule has 5 nitrogen and oxygen atoms in total. The normalized spacial score (nSPS) is 19.4. The third-order valence-corrected chi connectivity index (χ3v) is 4.54. The van der Waals surface area contributed by atoms with Gasteiger partial charge in [0.25, 0.3) is 10.2 Å². The molecule has 1 aliphatic heterocycles. The molecule has 18 heavy (non-hydrogen) atoms. The summed E-state index contributed by atoms with van der Waals surface area (Å²) in [6, 6.07) is 0. The van der Waals surface area contributed by atoms with Crippen molar-refractivity contribution in [2.24, 2.45) is 5.41 Å². The molecule has 0 aliphatic carbocycles. The molecule has 0 aromatic rings. The van der Waals surface area contributed by atoms with Crippen LogP contribution in [0.15, 0.2) is 0 Å². The second kappa shape index (κ2) is 6.32. The van der Waals surface area contributed by atoms with E-state index in [0.29, 0.717) is 19.6 Å². The van der Waals surface area contributed by atoms with Crippen molar-refractivity contribution in [1.82, 2.24) is 13.9 Å². The molecule has 0 atom stereocenters. The van der Waals surface area contributed by atoms with Crippen molar-refractivity contribution in [3.8, 4) is 0 Å². The fourth-order valence-electron chi connectivity index (χ4n) is 2.26. The fraction of sp³-hybridized carbons (Fsp3) is 0.917. The van der Waals surface area contributed by atoms with Gasteiger partial charge in [-0.15, -0.1) is 0 Å². The Labute approximate surface area is 112 Å². The lowest BCUT2D eigenvalue weighted by molar-refractivity contribution is 0.240. The van der Waals surface area contributed by atoms with E-state index < -0.39 is 10.2 Å². The highest BCUT2D eigenvalue weighted by atomic mass is 32.2. The maximum absolute atomic E-state index is 12.1. The van der Waals surface area contributed by atoms with Crippen molar-refractivity contribution in [3.63, 3.8) is 0 Å². The van der Waals surface area contributed by atoms with Crippen LogP contribution in [0.5, 0.6) is 0 Å². The van der Waals surface area contributed by atoms with Crippen LogP contribution in [0.4, 0.5) is 0 Å². The first-order valence-electron chi connectivity index (χ1n) is 6.44. The molecular formula is C12H26N3O2S.